The van der Waals surface area contributed by atoms with Gasteiger partial charge in [0, 0.05) is 50.3 Å². The van der Waals surface area contributed by atoms with Gasteiger partial charge in [0.05, 0.1) is 13.2 Å². The number of nitrogens with zero attached hydrogens (tertiary/aromatic N) is 3. The molecule has 4 atom stereocenters. The number of morpholine rings is 1. The van der Waals surface area contributed by atoms with Crippen LogP contribution in [0.1, 0.15) is 47.1 Å². The number of ether oxygens (including phenoxy) is 2. The van der Waals surface area contributed by atoms with Gasteiger partial charge in [-0.25, -0.2) is 4.79 Å². The van der Waals surface area contributed by atoms with Gasteiger partial charge in [-0.1, -0.05) is 30.3 Å². The van der Waals surface area contributed by atoms with Crippen LogP contribution in [0.3, 0.4) is 0 Å². The summed E-state index contributed by atoms with van der Waals surface area (Å²) in [5.41, 5.74) is 0.823. The fourth-order valence-corrected chi connectivity index (χ4v) is 4.51. The molecule has 1 aromatic carbocycles. The highest BCUT2D eigenvalue weighted by Crippen LogP contribution is 2.24. The standard InChI is InChI=1S/C24H39N3O3/c1-18-12-25(13-21-10-8-7-9-11-21)22(14-26-19(2)16-29-17-20(26)3)15-27(18)23(28)30-24(4,5)6/h7-11,18-20,22H,12-17H2,1-6H3/t18?,19-,20-,22?/m1/s1. The molecule has 0 radical (unpaired) electrons. The molecule has 0 spiro atoms. The summed E-state index contributed by atoms with van der Waals surface area (Å²) < 4.78 is 11.4. The maximum absolute atomic E-state index is 12.9. The minimum absolute atomic E-state index is 0.111. The number of carbonyl (C=O) groups is 1. The largest absolute Gasteiger partial charge is 0.444 e. The monoisotopic (exact) mass is 417 g/mol. The lowest BCUT2D eigenvalue weighted by molar-refractivity contribution is -0.0637. The summed E-state index contributed by atoms with van der Waals surface area (Å²) in [6.07, 6.45) is -0.206. The van der Waals surface area contributed by atoms with E-state index in [-0.39, 0.29) is 18.2 Å². The minimum Gasteiger partial charge on any atom is -0.444 e. The Morgan fingerprint density at radius 1 is 1.03 bits per heavy atom. The van der Waals surface area contributed by atoms with E-state index in [0.717, 1.165) is 32.8 Å². The van der Waals surface area contributed by atoms with Crippen LogP contribution in [0, 0.1) is 0 Å². The Labute approximate surface area is 182 Å². The van der Waals surface area contributed by atoms with Crippen LogP contribution >= 0.6 is 0 Å². The number of carbonyl (C=O) groups excluding carboxylic acids is 1. The summed E-state index contributed by atoms with van der Waals surface area (Å²) in [7, 11) is 0. The number of rotatable bonds is 4. The fraction of sp³-hybridized carbons (Fsp3) is 0.708. The molecule has 6 heteroatoms. The molecule has 6 nitrogen and oxygen atoms in total. The predicted molar refractivity (Wildman–Crippen MR) is 119 cm³/mol. The van der Waals surface area contributed by atoms with Crippen molar-refractivity contribution in [3.05, 3.63) is 35.9 Å². The molecular formula is C24H39N3O3. The normalized spacial score (nSPS) is 29.1. The van der Waals surface area contributed by atoms with E-state index in [1.165, 1.54) is 5.56 Å². The summed E-state index contributed by atoms with van der Waals surface area (Å²) in [6.45, 7) is 17.2. The van der Waals surface area contributed by atoms with Crippen molar-refractivity contribution in [1.29, 1.82) is 0 Å². The smallest absolute Gasteiger partial charge is 0.410 e. The predicted octanol–water partition coefficient (Wildman–Crippen LogP) is 3.61. The van der Waals surface area contributed by atoms with Gasteiger partial charge in [-0.05, 0) is 47.1 Å². The van der Waals surface area contributed by atoms with Crippen molar-refractivity contribution >= 4 is 6.09 Å². The molecule has 30 heavy (non-hydrogen) atoms. The van der Waals surface area contributed by atoms with Gasteiger partial charge in [-0.15, -0.1) is 0 Å². The van der Waals surface area contributed by atoms with Crippen LogP contribution in [0.15, 0.2) is 30.3 Å². The second-order valence-corrected chi connectivity index (χ2v) is 9.98. The third-order valence-corrected chi connectivity index (χ3v) is 6.08. The maximum atomic E-state index is 12.9. The number of piperazine rings is 1. The highest BCUT2D eigenvalue weighted by atomic mass is 16.6. The molecule has 2 aliphatic heterocycles. The van der Waals surface area contributed by atoms with Crippen LogP contribution in [0.5, 0.6) is 0 Å². The first-order valence-electron chi connectivity index (χ1n) is 11.2. The molecule has 0 aliphatic carbocycles. The summed E-state index contributed by atoms with van der Waals surface area (Å²) >= 11 is 0. The molecule has 0 aromatic heterocycles. The first kappa shape index (κ1) is 23.0. The van der Waals surface area contributed by atoms with E-state index in [1.807, 2.05) is 25.7 Å². The Morgan fingerprint density at radius 3 is 2.27 bits per heavy atom. The van der Waals surface area contributed by atoms with E-state index < -0.39 is 5.60 Å². The van der Waals surface area contributed by atoms with E-state index >= 15 is 0 Å². The van der Waals surface area contributed by atoms with Gasteiger partial charge in [0.25, 0.3) is 0 Å². The molecule has 2 aliphatic rings. The van der Waals surface area contributed by atoms with Crippen LogP contribution in [0.25, 0.3) is 0 Å². The SMILES string of the molecule is CC1CN(Cc2ccccc2)C(CN2[C@H](C)COC[C@H]2C)CN1C(=O)OC(C)(C)C. The van der Waals surface area contributed by atoms with Crippen molar-refractivity contribution in [3.8, 4) is 0 Å². The van der Waals surface area contributed by atoms with Gasteiger partial charge in [0.15, 0.2) is 0 Å². The molecule has 3 rings (SSSR count). The molecule has 2 saturated heterocycles. The Balaban J connectivity index is 1.78. The molecule has 0 bridgehead atoms. The van der Waals surface area contributed by atoms with Gasteiger partial charge >= 0.3 is 6.09 Å². The summed E-state index contributed by atoms with van der Waals surface area (Å²) in [6, 6.07) is 11.7. The molecule has 1 amide bonds. The number of amides is 1. The lowest BCUT2D eigenvalue weighted by Gasteiger charge is -2.49. The van der Waals surface area contributed by atoms with Gasteiger partial charge in [-0.3, -0.25) is 9.80 Å². The molecule has 168 valence electrons. The second kappa shape index (κ2) is 9.67. The van der Waals surface area contributed by atoms with E-state index in [1.54, 1.807) is 0 Å². The molecule has 2 heterocycles. The number of hydrogen-bond donors (Lipinski definition) is 0. The number of benzene rings is 1. The van der Waals surface area contributed by atoms with Crippen molar-refractivity contribution < 1.29 is 14.3 Å². The topological polar surface area (TPSA) is 45.2 Å². The van der Waals surface area contributed by atoms with E-state index in [2.05, 4.69) is 60.9 Å². The quantitative estimate of drug-likeness (QED) is 0.749. The highest BCUT2D eigenvalue weighted by Gasteiger charge is 2.38. The summed E-state index contributed by atoms with van der Waals surface area (Å²) in [4.78, 5) is 19.9. The van der Waals surface area contributed by atoms with Crippen LogP contribution in [-0.4, -0.2) is 83.4 Å². The average Bonchev–Trinajstić information content (AvgIpc) is 2.65. The molecule has 2 unspecified atom stereocenters. The van der Waals surface area contributed by atoms with Crippen molar-refractivity contribution in [1.82, 2.24) is 14.7 Å². The lowest BCUT2D eigenvalue weighted by Crippen LogP contribution is -2.63. The van der Waals surface area contributed by atoms with Crippen LogP contribution < -0.4 is 0 Å². The van der Waals surface area contributed by atoms with Crippen LogP contribution in [0.2, 0.25) is 0 Å². The zero-order valence-electron chi connectivity index (χ0n) is 19.5. The van der Waals surface area contributed by atoms with Gasteiger partial charge in [-0.2, -0.15) is 0 Å². The highest BCUT2D eigenvalue weighted by molar-refractivity contribution is 5.68. The van der Waals surface area contributed by atoms with Crippen molar-refractivity contribution in [2.75, 3.05) is 32.8 Å². The van der Waals surface area contributed by atoms with Crippen molar-refractivity contribution in [2.24, 2.45) is 0 Å². The second-order valence-electron chi connectivity index (χ2n) is 9.98. The first-order valence-corrected chi connectivity index (χ1v) is 11.2. The Bertz CT molecular complexity index is 681. The summed E-state index contributed by atoms with van der Waals surface area (Å²) in [5, 5.41) is 0. The third-order valence-electron chi connectivity index (χ3n) is 6.08. The van der Waals surface area contributed by atoms with Crippen molar-refractivity contribution in [3.63, 3.8) is 0 Å². The van der Waals surface area contributed by atoms with Crippen LogP contribution in [0.4, 0.5) is 4.79 Å². The Hall–Kier alpha value is -1.63. The lowest BCUT2D eigenvalue weighted by atomic mass is 10.0. The van der Waals surface area contributed by atoms with E-state index in [9.17, 15) is 4.79 Å². The fourth-order valence-electron chi connectivity index (χ4n) is 4.51. The van der Waals surface area contributed by atoms with E-state index in [4.69, 9.17) is 9.47 Å². The average molecular weight is 418 g/mol. The molecule has 0 N–H and O–H groups in total. The van der Waals surface area contributed by atoms with E-state index in [0.29, 0.717) is 18.6 Å². The van der Waals surface area contributed by atoms with Crippen molar-refractivity contribution in [2.45, 2.75) is 77.9 Å². The summed E-state index contributed by atoms with van der Waals surface area (Å²) in [5.74, 6) is 0. The zero-order chi connectivity index (χ0) is 21.9. The third kappa shape index (κ3) is 5.96. The number of hydrogen-bond acceptors (Lipinski definition) is 5. The molecule has 0 saturated carbocycles. The minimum atomic E-state index is -0.485. The first-order chi connectivity index (χ1) is 14.1. The zero-order valence-corrected chi connectivity index (χ0v) is 19.5. The van der Waals surface area contributed by atoms with Gasteiger partial charge in [0.1, 0.15) is 5.60 Å². The van der Waals surface area contributed by atoms with Crippen LogP contribution in [-0.2, 0) is 16.0 Å². The Kier molecular flexibility index (Phi) is 7.43. The van der Waals surface area contributed by atoms with Gasteiger partial charge < -0.3 is 14.4 Å². The molecule has 2 fully saturated rings. The molecular weight excluding hydrogens is 378 g/mol. The maximum Gasteiger partial charge on any atom is 0.410 e. The molecule has 1 aromatic rings. The van der Waals surface area contributed by atoms with Gasteiger partial charge in [0.2, 0.25) is 0 Å². The Morgan fingerprint density at radius 2 is 1.67 bits per heavy atom.